The van der Waals surface area contributed by atoms with Crippen LogP contribution in [0, 0.1) is 0 Å². The third kappa shape index (κ3) is 3.61. The Hall–Kier alpha value is -2.04. The van der Waals surface area contributed by atoms with Crippen molar-refractivity contribution in [1.29, 1.82) is 0 Å². The molecule has 1 aromatic carbocycles. The number of rotatable bonds is 4. The number of hydrogen-bond donors (Lipinski definition) is 0. The Kier molecular flexibility index (Phi) is 4.32. The molecule has 0 unspecified atom stereocenters. The Balaban J connectivity index is 2.70. The van der Waals surface area contributed by atoms with Gasteiger partial charge >= 0.3 is 11.9 Å². The van der Waals surface area contributed by atoms with Gasteiger partial charge in [-0.15, -0.1) is 0 Å². The number of carbonyl (C=O) groups excluding carboxylic acids is 2. The highest BCUT2D eigenvalue weighted by Gasteiger charge is 2.08. The van der Waals surface area contributed by atoms with Crippen LogP contribution in [-0.4, -0.2) is 25.7 Å². The van der Waals surface area contributed by atoms with Crippen LogP contribution in [0.2, 0.25) is 0 Å². The lowest BCUT2D eigenvalue weighted by Crippen LogP contribution is -2.13. The summed E-state index contributed by atoms with van der Waals surface area (Å²) in [5, 5.41) is 0. The molecule has 0 aromatic heterocycles. The summed E-state index contributed by atoms with van der Waals surface area (Å²) in [6.07, 6.45) is 0. The van der Waals surface area contributed by atoms with Crippen LogP contribution in [0.1, 0.15) is 6.92 Å². The second-order valence-corrected chi connectivity index (χ2v) is 2.91. The molecular formula is C11H12O5. The lowest BCUT2D eigenvalue weighted by atomic mass is 10.3. The summed E-state index contributed by atoms with van der Waals surface area (Å²) in [7, 11) is 1.27. The van der Waals surface area contributed by atoms with E-state index in [9.17, 15) is 9.59 Å². The molecule has 16 heavy (non-hydrogen) atoms. The van der Waals surface area contributed by atoms with Crippen molar-refractivity contribution in [1.82, 2.24) is 0 Å². The summed E-state index contributed by atoms with van der Waals surface area (Å²) < 4.78 is 14.5. The van der Waals surface area contributed by atoms with Gasteiger partial charge in [0.25, 0.3) is 0 Å². The first-order valence-corrected chi connectivity index (χ1v) is 4.60. The van der Waals surface area contributed by atoms with Crippen LogP contribution >= 0.6 is 0 Å². The van der Waals surface area contributed by atoms with Gasteiger partial charge in [-0.25, -0.2) is 4.79 Å². The Bertz CT molecular complexity index is 386. The smallest absolute Gasteiger partial charge is 0.343 e. The van der Waals surface area contributed by atoms with Crippen molar-refractivity contribution >= 4 is 11.9 Å². The normalized spacial score (nSPS) is 9.38. The molecule has 0 amide bonds. The summed E-state index contributed by atoms with van der Waals surface area (Å²) in [5.41, 5.74) is 0. The second kappa shape index (κ2) is 5.75. The van der Waals surface area contributed by atoms with E-state index in [0.29, 0.717) is 5.75 Å². The molecule has 1 rings (SSSR count). The SMILES string of the molecule is COC(=O)COc1ccccc1OC(C)=O. The highest BCUT2D eigenvalue weighted by molar-refractivity contribution is 5.72. The summed E-state index contributed by atoms with van der Waals surface area (Å²) in [6.45, 7) is 1.06. The number of hydrogen-bond acceptors (Lipinski definition) is 5. The van der Waals surface area contributed by atoms with E-state index in [2.05, 4.69) is 4.74 Å². The molecule has 86 valence electrons. The molecule has 0 fully saturated rings. The van der Waals surface area contributed by atoms with Crippen molar-refractivity contribution in [2.45, 2.75) is 6.92 Å². The van der Waals surface area contributed by atoms with E-state index in [-0.39, 0.29) is 12.4 Å². The minimum absolute atomic E-state index is 0.227. The average Bonchev–Trinajstić information content (AvgIpc) is 2.26. The van der Waals surface area contributed by atoms with Crippen molar-refractivity contribution in [2.75, 3.05) is 13.7 Å². The van der Waals surface area contributed by atoms with Gasteiger partial charge in [0.1, 0.15) is 0 Å². The lowest BCUT2D eigenvalue weighted by molar-refractivity contribution is -0.142. The molecular weight excluding hydrogens is 212 g/mol. The van der Waals surface area contributed by atoms with Crippen molar-refractivity contribution < 1.29 is 23.8 Å². The van der Waals surface area contributed by atoms with Gasteiger partial charge in [-0.2, -0.15) is 0 Å². The van der Waals surface area contributed by atoms with Gasteiger partial charge in [0, 0.05) is 6.92 Å². The zero-order valence-electron chi connectivity index (χ0n) is 9.06. The summed E-state index contributed by atoms with van der Waals surface area (Å²) in [5.74, 6) is -0.353. The zero-order valence-corrected chi connectivity index (χ0v) is 9.06. The Labute approximate surface area is 92.9 Å². The standard InChI is InChI=1S/C11H12O5/c1-8(12)16-10-6-4-3-5-9(10)15-7-11(13)14-2/h3-6H,7H2,1-2H3. The van der Waals surface area contributed by atoms with Gasteiger partial charge in [0.05, 0.1) is 7.11 Å². The number of benzene rings is 1. The molecule has 5 heteroatoms. The number of para-hydroxylation sites is 2. The van der Waals surface area contributed by atoms with E-state index >= 15 is 0 Å². The summed E-state index contributed by atoms with van der Waals surface area (Å²) in [6, 6.07) is 6.58. The molecule has 0 bridgehead atoms. The van der Waals surface area contributed by atoms with E-state index in [1.165, 1.54) is 14.0 Å². The molecule has 0 heterocycles. The van der Waals surface area contributed by atoms with Gasteiger partial charge in [0.2, 0.25) is 0 Å². The van der Waals surface area contributed by atoms with Crippen LogP contribution in [0.25, 0.3) is 0 Å². The minimum Gasteiger partial charge on any atom is -0.478 e. The first kappa shape index (κ1) is 12.0. The molecule has 0 spiro atoms. The molecule has 0 radical (unpaired) electrons. The van der Waals surface area contributed by atoms with Gasteiger partial charge in [-0.3, -0.25) is 4.79 Å². The lowest BCUT2D eigenvalue weighted by Gasteiger charge is -2.09. The number of carbonyl (C=O) groups is 2. The van der Waals surface area contributed by atoms with Crippen molar-refractivity contribution in [3.63, 3.8) is 0 Å². The maximum Gasteiger partial charge on any atom is 0.343 e. The third-order valence-electron chi connectivity index (χ3n) is 1.68. The van der Waals surface area contributed by atoms with Crippen LogP contribution in [-0.2, 0) is 14.3 Å². The Morgan fingerprint density at radius 3 is 2.38 bits per heavy atom. The monoisotopic (exact) mass is 224 g/mol. The molecule has 1 aromatic rings. The van der Waals surface area contributed by atoms with Crippen LogP contribution in [0.5, 0.6) is 11.5 Å². The van der Waals surface area contributed by atoms with Crippen LogP contribution in [0.4, 0.5) is 0 Å². The fourth-order valence-electron chi connectivity index (χ4n) is 1.00. The van der Waals surface area contributed by atoms with Gasteiger partial charge in [-0.1, -0.05) is 12.1 Å². The molecule has 0 N–H and O–H groups in total. The maximum atomic E-state index is 10.9. The first-order chi connectivity index (χ1) is 7.63. The number of esters is 2. The highest BCUT2D eigenvalue weighted by atomic mass is 16.6. The van der Waals surface area contributed by atoms with Crippen LogP contribution in [0.15, 0.2) is 24.3 Å². The molecule has 0 aliphatic heterocycles. The highest BCUT2D eigenvalue weighted by Crippen LogP contribution is 2.26. The summed E-state index contributed by atoms with van der Waals surface area (Å²) >= 11 is 0. The van der Waals surface area contributed by atoms with E-state index in [1.807, 2.05) is 0 Å². The third-order valence-corrected chi connectivity index (χ3v) is 1.68. The Morgan fingerprint density at radius 1 is 1.19 bits per heavy atom. The van der Waals surface area contributed by atoms with E-state index < -0.39 is 11.9 Å². The molecule has 0 aliphatic rings. The molecule has 0 saturated carbocycles. The summed E-state index contributed by atoms with van der Waals surface area (Å²) in [4.78, 5) is 21.7. The number of ether oxygens (including phenoxy) is 3. The van der Waals surface area contributed by atoms with Crippen molar-refractivity contribution in [2.24, 2.45) is 0 Å². The van der Waals surface area contributed by atoms with Gasteiger partial charge < -0.3 is 14.2 Å². The van der Waals surface area contributed by atoms with Gasteiger partial charge in [0.15, 0.2) is 18.1 Å². The van der Waals surface area contributed by atoms with Crippen LogP contribution in [0.3, 0.4) is 0 Å². The average molecular weight is 224 g/mol. The topological polar surface area (TPSA) is 61.8 Å². The Morgan fingerprint density at radius 2 is 1.81 bits per heavy atom. The molecule has 0 saturated heterocycles. The first-order valence-electron chi connectivity index (χ1n) is 4.60. The maximum absolute atomic E-state index is 10.9. The van der Waals surface area contributed by atoms with Gasteiger partial charge in [-0.05, 0) is 12.1 Å². The molecule has 0 aliphatic carbocycles. The quantitative estimate of drug-likeness (QED) is 0.567. The molecule has 0 atom stereocenters. The van der Waals surface area contributed by atoms with Crippen LogP contribution < -0.4 is 9.47 Å². The minimum atomic E-state index is -0.502. The van der Waals surface area contributed by atoms with E-state index in [1.54, 1.807) is 24.3 Å². The fraction of sp³-hybridized carbons (Fsp3) is 0.273. The van der Waals surface area contributed by atoms with E-state index in [4.69, 9.17) is 9.47 Å². The van der Waals surface area contributed by atoms with Crippen molar-refractivity contribution in [3.8, 4) is 11.5 Å². The van der Waals surface area contributed by atoms with Crippen molar-refractivity contribution in [3.05, 3.63) is 24.3 Å². The molecule has 5 nitrogen and oxygen atoms in total. The predicted molar refractivity (Wildman–Crippen MR) is 55.3 cm³/mol. The fourth-order valence-corrected chi connectivity index (χ4v) is 1.00. The second-order valence-electron chi connectivity index (χ2n) is 2.91. The predicted octanol–water partition coefficient (Wildman–Crippen LogP) is 1.16. The van der Waals surface area contributed by atoms with E-state index in [0.717, 1.165) is 0 Å². The zero-order chi connectivity index (χ0) is 12.0. The largest absolute Gasteiger partial charge is 0.478 e. The number of methoxy groups -OCH3 is 1.